The van der Waals surface area contributed by atoms with E-state index in [0.717, 1.165) is 5.56 Å². The van der Waals surface area contributed by atoms with Gasteiger partial charge < -0.3 is 26.4 Å². The molecule has 2 aromatic carbocycles. The van der Waals surface area contributed by atoms with Crippen LogP contribution < -0.4 is 21.3 Å². The van der Waals surface area contributed by atoms with E-state index in [4.69, 9.17) is 11.5 Å². The largest absolute Gasteiger partial charge is 0.480 e. The van der Waals surface area contributed by atoms with Crippen molar-refractivity contribution in [2.75, 3.05) is 11.9 Å². The third kappa shape index (κ3) is 7.91. The molecule has 0 spiro atoms. The summed E-state index contributed by atoms with van der Waals surface area (Å²) in [5, 5.41) is 18.9. The third-order valence-corrected chi connectivity index (χ3v) is 4.04. The SMILES string of the molecule is C#CCC(NC(=O)CNC(=O)c1cccc(NC(=O)NCc2ccccc2)c1)C(=O)O. The lowest BCUT2D eigenvalue weighted by Crippen LogP contribution is -2.45. The summed E-state index contributed by atoms with van der Waals surface area (Å²) in [4.78, 5) is 47.2. The number of amides is 4. The number of terminal acetylenes is 1. The van der Waals surface area contributed by atoms with Crippen LogP contribution in [-0.2, 0) is 16.1 Å². The van der Waals surface area contributed by atoms with E-state index in [2.05, 4.69) is 27.2 Å². The summed E-state index contributed by atoms with van der Waals surface area (Å²) in [6.07, 6.45) is 4.90. The lowest BCUT2D eigenvalue weighted by Gasteiger charge is -2.12. The summed E-state index contributed by atoms with van der Waals surface area (Å²) in [5.74, 6) is -0.351. The Bertz CT molecular complexity index is 985. The molecule has 2 aromatic rings. The van der Waals surface area contributed by atoms with E-state index in [0.29, 0.717) is 12.2 Å². The molecule has 4 amide bonds. The van der Waals surface area contributed by atoms with Gasteiger partial charge in [0, 0.05) is 24.2 Å². The molecule has 0 radical (unpaired) electrons. The average Bonchev–Trinajstić information content (AvgIpc) is 2.76. The van der Waals surface area contributed by atoms with Crippen molar-refractivity contribution in [3.05, 3.63) is 65.7 Å². The molecular formula is C22H22N4O5. The van der Waals surface area contributed by atoms with Gasteiger partial charge in [0.05, 0.1) is 6.54 Å². The summed E-state index contributed by atoms with van der Waals surface area (Å²) in [5.41, 5.74) is 1.55. The number of aliphatic carboxylic acids is 1. The molecule has 0 saturated carbocycles. The first-order valence-electron chi connectivity index (χ1n) is 9.31. The molecule has 0 aliphatic heterocycles. The molecule has 160 valence electrons. The Morgan fingerprint density at radius 3 is 2.42 bits per heavy atom. The van der Waals surface area contributed by atoms with Crippen LogP contribution in [0, 0.1) is 12.3 Å². The molecule has 1 unspecified atom stereocenters. The standard InChI is InChI=1S/C22H22N4O5/c1-2-7-18(21(29)30)26-19(27)14-23-20(28)16-10-6-11-17(12-16)25-22(31)24-13-15-8-4-3-5-9-15/h1,3-6,8-12,18H,7,13-14H2,(H,23,28)(H,26,27)(H,29,30)(H2,24,25,31). The molecule has 9 heteroatoms. The van der Waals surface area contributed by atoms with Gasteiger partial charge in [0.2, 0.25) is 5.91 Å². The number of hydrogen-bond donors (Lipinski definition) is 5. The molecule has 0 saturated heterocycles. The molecule has 0 aromatic heterocycles. The highest BCUT2D eigenvalue weighted by Crippen LogP contribution is 2.10. The minimum absolute atomic E-state index is 0.172. The van der Waals surface area contributed by atoms with E-state index in [1.807, 2.05) is 30.3 Å². The highest BCUT2D eigenvalue weighted by atomic mass is 16.4. The second kappa shape index (κ2) is 11.6. The highest BCUT2D eigenvalue weighted by Gasteiger charge is 2.19. The molecule has 5 N–H and O–H groups in total. The zero-order valence-corrected chi connectivity index (χ0v) is 16.6. The van der Waals surface area contributed by atoms with Gasteiger partial charge in [-0.25, -0.2) is 9.59 Å². The molecule has 0 aliphatic rings. The summed E-state index contributed by atoms with van der Waals surface area (Å²) >= 11 is 0. The van der Waals surface area contributed by atoms with Crippen LogP contribution in [0.4, 0.5) is 10.5 Å². The van der Waals surface area contributed by atoms with Crippen molar-refractivity contribution in [1.82, 2.24) is 16.0 Å². The van der Waals surface area contributed by atoms with E-state index in [1.165, 1.54) is 12.1 Å². The van der Waals surface area contributed by atoms with Crippen LogP contribution in [0.5, 0.6) is 0 Å². The zero-order chi connectivity index (χ0) is 22.6. The number of carboxylic acid groups (broad SMARTS) is 1. The number of benzene rings is 2. The van der Waals surface area contributed by atoms with Crippen molar-refractivity contribution in [1.29, 1.82) is 0 Å². The summed E-state index contributed by atoms with van der Waals surface area (Å²) < 4.78 is 0. The molecule has 0 bridgehead atoms. The minimum atomic E-state index is -1.26. The fourth-order valence-electron chi connectivity index (χ4n) is 2.52. The van der Waals surface area contributed by atoms with E-state index >= 15 is 0 Å². The Labute approximate surface area is 179 Å². The molecule has 2 rings (SSSR count). The topological polar surface area (TPSA) is 137 Å². The Morgan fingerprint density at radius 1 is 1.00 bits per heavy atom. The number of carbonyl (C=O) groups excluding carboxylic acids is 3. The van der Waals surface area contributed by atoms with Gasteiger partial charge in [-0.3, -0.25) is 9.59 Å². The normalized spacial score (nSPS) is 10.8. The minimum Gasteiger partial charge on any atom is -0.480 e. The van der Waals surface area contributed by atoms with Gasteiger partial charge in [0.1, 0.15) is 6.04 Å². The van der Waals surface area contributed by atoms with Gasteiger partial charge >= 0.3 is 12.0 Å². The van der Waals surface area contributed by atoms with Crippen LogP contribution in [0.15, 0.2) is 54.6 Å². The maximum atomic E-state index is 12.3. The number of nitrogens with one attached hydrogen (secondary N) is 4. The number of carboxylic acids is 1. The molecule has 31 heavy (non-hydrogen) atoms. The van der Waals surface area contributed by atoms with E-state index in [-0.39, 0.29) is 12.0 Å². The van der Waals surface area contributed by atoms with E-state index in [1.54, 1.807) is 12.1 Å². The number of urea groups is 1. The Balaban J connectivity index is 1.85. The monoisotopic (exact) mass is 422 g/mol. The zero-order valence-electron chi connectivity index (χ0n) is 16.6. The molecule has 0 heterocycles. The predicted octanol–water partition coefficient (Wildman–Crippen LogP) is 1.33. The number of hydrogen-bond acceptors (Lipinski definition) is 4. The smallest absolute Gasteiger partial charge is 0.327 e. The van der Waals surface area contributed by atoms with Gasteiger partial charge in [-0.1, -0.05) is 36.4 Å². The lowest BCUT2D eigenvalue weighted by molar-refractivity contribution is -0.141. The van der Waals surface area contributed by atoms with Crippen molar-refractivity contribution in [2.24, 2.45) is 0 Å². The number of carbonyl (C=O) groups is 4. The van der Waals surface area contributed by atoms with E-state index in [9.17, 15) is 19.2 Å². The maximum Gasteiger partial charge on any atom is 0.327 e. The molecule has 0 aliphatic carbocycles. The molecule has 0 fully saturated rings. The van der Waals surface area contributed by atoms with Crippen molar-refractivity contribution >= 4 is 29.5 Å². The lowest BCUT2D eigenvalue weighted by atomic mass is 10.2. The molecular weight excluding hydrogens is 400 g/mol. The molecule has 1 atom stereocenters. The second-order valence-electron chi connectivity index (χ2n) is 6.42. The first-order valence-corrected chi connectivity index (χ1v) is 9.31. The fourth-order valence-corrected chi connectivity index (χ4v) is 2.52. The quantitative estimate of drug-likeness (QED) is 0.388. The fraction of sp³-hybridized carbons (Fsp3) is 0.182. The Hall–Kier alpha value is -4.32. The van der Waals surface area contributed by atoms with Crippen LogP contribution >= 0.6 is 0 Å². The van der Waals surface area contributed by atoms with Gasteiger partial charge in [-0.2, -0.15) is 0 Å². The molecule has 9 nitrogen and oxygen atoms in total. The first kappa shape index (κ1) is 23.0. The summed E-state index contributed by atoms with van der Waals surface area (Å²) in [7, 11) is 0. The van der Waals surface area contributed by atoms with Crippen LogP contribution in [0.2, 0.25) is 0 Å². The van der Waals surface area contributed by atoms with Crippen LogP contribution in [-0.4, -0.2) is 41.5 Å². The van der Waals surface area contributed by atoms with Crippen LogP contribution in [0.25, 0.3) is 0 Å². The maximum absolute atomic E-state index is 12.3. The van der Waals surface area contributed by atoms with Gasteiger partial charge in [0.25, 0.3) is 5.91 Å². The first-order chi connectivity index (χ1) is 14.9. The van der Waals surface area contributed by atoms with Crippen molar-refractivity contribution in [2.45, 2.75) is 19.0 Å². The average molecular weight is 422 g/mol. The Morgan fingerprint density at radius 2 is 1.74 bits per heavy atom. The van der Waals surface area contributed by atoms with E-state index < -0.39 is 36.4 Å². The van der Waals surface area contributed by atoms with Crippen molar-refractivity contribution in [3.8, 4) is 12.3 Å². The van der Waals surface area contributed by atoms with Crippen LogP contribution in [0.1, 0.15) is 22.3 Å². The predicted molar refractivity (Wildman–Crippen MR) is 114 cm³/mol. The van der Waals surface area contributed by atoms with Crippen molar-refractivity contribution < 1.29 is 24.3 Å². The second-order valence-corrected chi connectivity index (χ2v) is 6.42. The summed E-state index contributed by atoms with van der Waals surface area (Å²) in [6, 6.07) is 13.9. The van der Waals surface area contributed by atoms with Gasteiger partial charge in [0.15, 0.2) is 0 Å². The van der Waals surface area contributed by atoms with Crippen molar-refractivity contribution in [3.63, 3.8) is 0 Å². The summed E-state index contributed by atoms with van der Waals surface area (Å²) in [6.45, 7) is -0.0820. The van der Waals surface area contributed by atoms with Crippen LogP contribution in [0.3, 0.4) is 0 Å². The van der Waals surface area contributed by atoms with Gasteiger partial charge in [-0.15, -0.1) is 12.3 Å². The number of anilines is 1. The highest BCUT2D eigenvalue weighted by molar-refractivity contribution is 5.98. The third-order valence-electron chi connectivity index (χ3n) is 4.04. The number of rotatable bonds is 9. The Kier molecular flexibility index (Phi) is 8.61. The van der Waals surface area contributed by atoms with Gasteiger partial charge in [-0.05, 0) is 23.8 Å².